The fourth-order valence-electron chi connectivity index (χ4n) is 1.66. The van der Waals surface area contributed by atoms with E-state index in [4.69, 9.17) is 5.11 Å². The van der Waals surface area contributed by atoms with Gasteiger partial charge in [0.2, 0.25) is 0 Å². The summed E-state index contributed by atoms with van der Waals surface area (Å²) in [7, 11) is 0. The lowest BCUT2D eigenvalue weighted by Crippen LogP contribution is -1.96. The first-order valence-corrected chi connectivity index (χ1v) is 5.47. The van der Waals surface area contributed by atoms with E-state index in [0.29, 0.717) is 5.92 Å². The first-order chi connectivity index (χ1) is 6.77. The Kier molecular flexibility index (Phi) is 4.68. The van der Waals surface area contributed by atoms with Crippen LogP contribution < -0.4 is 0 Å². The smallest absolute Gasteiger partial charge is 0.0436 e. The maximum Gasteiger partial charge on any atom is 0.0436 e. The minimum absolute atomic E-state index is 0.276. The number of aliphatic hydroxyl groups is 1. The second-order valence-electron chi connectivity index (χ2n) is 3.90. The Labute approximate surface area is 86.8 Å². The van der Waals surface area contributed by atoms with Crippen LogP contribution in [0.2, 0.25) is 0 Å². The molecule has 0 aliphatic heterocycles. The standard InChI is InChI=1S/C13H20O/c1-3-4-12-5-7-13(8-6-12)11(2)9-10-14/h5-8,11,14H,3-4,9-10H2,1-2H3. The highest BCUT2D eigenvalue weighted by molar-refractivity contribution is 5.25. The highest BCUT2D eigenvalue weighted by Gasteiger charge is 2.03. The van der Waals surface area contributed by atoms with Crippen molar-refractivity contribution in [3.05, 3.63) is 35.4 Å². The Morgan fingerprint density at radius 2 is 1.86 bits per heavy atom. The van der Waals surface area contributed by atoms with Gasteiger partial charge in [0, 0.05) is 6.61 Å². The van der Waals surface area contributed by atoms with Crippen LogP contribution in [-0.4, -0.2) is 11.7 Å². The summed E-state index contributed by atoms with van der Waals surface area (Å²) in [4.78, 5) is 0. The summed E-state index contributed by atoms with van der Waals surface area (Å²) < 4.78 is 0. The maximum atomic E-state index is 8.84. The van der Waals surface area contributed by atoms with Gasteiger partial charge in [0.05, 0.1) is 0 Å². The molecule has 1 heteroatoms. The van der Waals surface area contributed by atoms with Crippen molar-refractivity contribution in [2.24, 2.45) is 0 Å². The zero-order valence-corrected chi connectivity index (χ0v) is 9.16. The van der Waals surface area contributed by atoms with E-state index in [-0.39, 0.29) is 6.61 Å². The molecule has 1 aromatic rings. The lowest BCUT2D eigenvalue weighted by Gasteiger charge is -2.10. The average Bonchev–Trinajstić information content (AvgIpc) is 2.20. The van der Waals surface area contributed by atoms with Crippen LogP contribution in [0.15, 0.2) is 24.3 Å². The third-order valence-electron chi connectivity index (χ3n) is 2.65. The van der Waals surface area contributed by atoms with E-state index in [1.807, 2.05) is 0 Å². The van der Waals surface area contributed by atoms with Gasteiger partial charge in [0.25, 0.3) is 0 Å². The molecule has 0 spiro atoms. The van der Waals surface area contributed by atoms with Crippen molar-refractivity contribution in [3.63, 3.8) is 0 Å². The van der Waals surface area contributed by atoms with E-state index < -0.39 is 0 Å². The first kappa shape index (κ1) is 11.3. The summed E-state index contributed by atoms with van der Waals surface area (Å²) in [6.45, 7) is 4.63. The van der Waals surface area contributed by atoms with Gasteiger partial charge in [-0.25, -0.2) is 0 Å². The van der Waals surface area contributed by atoms with Crippen molar-refractivity contribution in [2.75, 3.05) is 6.61 Å². The number of aliphatic hydroxyl groups excluding tert-OH is 1. The van der Waals surface area contributed by atoms with E-state index in [2.05, 4.69) is 38.1 Å². The normalized spacial score (nSPS) is 12.8. The number of hydrogen-bond donors (Lipinski definition) is 1. The fraction of sp³-hybridized carbons (Fsp3) is 0.538. The highest BCUT2D eigenvalue weighted by Crippen LogP contribution is 2.19. The van der Waals surface area contributed by atoms with Crippen LogP contribution in [0.3, 0.4) is 0 Å². The minimum Gasteiger partial charge on any atom is -0.396 e. The van der Waals surface area contributed by atoms with Crippen molar-refractivity contribution < 1.29 is 5.11 Å². The number of benzene rings is 1. The molecule has 1 N–H and O–H groups in total. The summed E-state index contributed by atoms with van der Waals surface area (Å²) in [6.07, 6.45) is 3.22. The molecule has 1 nitrogen and oxygen atoms in total. The second kappa shape index (κ2) is 5.82. The third kappa shape index (κ3) is 3.15. The van der Waals surface area contributed by atoms with E-state index >= 15 is 0 Å². The van der Waals surface area contributed by atoms with Crippen molar-refractivity contribution in [2.45, 2.75) is 39.0 Å². The van der Waals surface area contributed by atoms with E-state index in [9.17, 15) is 0 Å². The lowest BCUT2D eigenvalue weighted by atomic mass is 9.96. The van der Waals surface area contributed by atoms with Crippen LogP contribution in [0.1, 0.15) is 43.7 Å². The summed E-state index contributed by atoms with van der Waals surface area (Å²) >= 11 is 0. The molecule has 78 valence electrons. The minimum atomic E-state index is 0.276. The van der Waals surface area contributed by atoms with Gasteiger partial charge in [0.15, 0.2) is 0 Å². The van der Waals surface area contributed by atoms with Gasteiger partial charge in [-0.1, -0.05) is 44.5 Å². The Morgan fingerprint density at radius 3 is 2.36 bits per heavy atom. The molecule has 0 heterocycles. The van der Waals surface area contributed by atoms with Crippen LogP contribution in [-0.2, 0) is 6.42 Å². The van der Waals surface area contributed by atoms with E-state index in [1.54, 1.807) is 0 Å². The van der Waals surface area contributed by atoms with E-state index in [1.165, 1.54) is 17.5 Å². The van der Waals surface area contributed by atoms with Crippen LogP contribution in [0.25, 0.3) is 0 Å². The molecule has 0 aliphatic rings. The highest BCUT2D eigenvalue weighted by atomic mass is 16.3. The molecule has 0 aromatic heterocycles. The number of aryl methyl sites for hydroxylation is 1. The quantitative estimate of drug-likeness (QED) is 0.760. The van der Waals surface area contributed by atoms with Crippen molar-refractivity contribution in [1.82, 2.24) is 0 Å². The average molecular weight is 192 g/mol. The van der Waals surface area contributed by atoms with Gasteiger partial charge in [-0.2, -0.15) is 0 Å². The van der Waals surface area contributed by atoms with Gasteiger partial charge in [0.1, 0.15) is 0 Å². The predicted octanol–water partition coefficient (Wildman–Crippen LogP) is 3.13. The lowest BCUT2D eigenvalue weighted by molar-refractivity contribution is 0.278. The number of rotatable bonds is 5. The van der Waals surface area contributed by atoms with Crippen molar-refractivity contribution in [1.29, 1.82) is 0 Å². The molecule has 1 rings (SSSR count). The maximum absolute atomic E-state index is 8.84. The van der Waals surface area contributed by atoms with Gasteiger partial charge in [-0.3, -0.25) is 0 Å². The predicted molar refractivity (Wildman–Crippen MR) is 60.6 cm³/mol. The van der Waals surface area contributed by atoms with E-state index in [0.717, 1.165) is 12.8 Å². The molecule has 1 unspecified atom stereocenters. The summed E-state index contributed by atoms with van der Waals surface area (Å²) in [5.41, 5.74) is 2.74. The molecule has 1 atom stereocenters. The largest absolute Gasteiger partial charge is 0.396 e. The molecule has 14 heavy (non-hydrogen) atoms. The molecule has 0 amide bonds. The Balaban J connectivity index is 2.62. The van der Waals surface area contributed by atoms with Crippen molar-refractivity contribution >= 4 is 0 Å². The van der Waals surface area contributed by atoms with Crippen LogP contribution in [0, 0.1) is 0 Å². The molecule has 0 aliphatic carbocycles. The van der Waals surface area contributed by atoms with Gasteiger partial charge in [-0.05, 0) is 29.9 Å². The zero-order valence-electron chi connectivity index (χ0n) is 9.16. The number of hydrogen-bond acceptors (Lipinski definition) is 1. The summed E-state index contributed by atoms with van der Waals surface area (Å²) in [5, 5.41) is 8.84. The Hall–Kier alpha value is -0.820. The van der Waals surface area contributed by atoms with Crippen LogP contribution >= 0.6 is 0 Å². The summed E-state index contributed by atoms with van der Waals surface area (Å²) in [6, 6.07) is 8.77. The fourth-order valence-corrected chi connectivity index (χ4v) is 1.66. The molecule has 0 saturated heterocycles. The topological polar surface area (TPSA) is 20.2 Å². The first-order valence-electron chi connectivity index (χ1n) is 5.47. The van der Waals surface area contributed by atoms with Gasteiger partial charge >= 0.3 is 0 Å². The third-order valence-corrected chi connectivity index (χ3v) is 2.65. The molecule has 0 fully saturated rings. The summed E-state index contributed by atoms with van der Waals surface area (Å²) in [5.74, 6) is 0.468. The molecular formula is C13H20O. The molecule has 1 aromatic carbocycles. The second-order valence-corrected chi connectivity index (χ2v) is 3.90. The molecule has 0 saturated carbocycles. The Bertz CT molecular complexity index is 250. The van der Waals surface area contributed by atoms with Crippen molar-refractivity contribution in [3.8, 4) is 0 Å². The zero-order chi connectivity index (χ0) is 10.4. The molecule has 0 bridgehead atoms. The SMILES string of the molecule is CCCc1ccc(C(C)CCO)cc1. The monoisotopic (exact) mass is 192 g/mol. The molecule has 0 radical (unpaired) electrons. The Morgan fingerprint density at radius 1 is 1.21 bits per heavy atom. The van der Waals surface area contributed by atoms with Crippen LogP contribution in [0.4, 0.5) is 0 Å². The van der Waals surface area contributed by atoms with Gasteiger partial charge in [-0.15, -0.1) is 0 Å². The molecular weight excluding hydrogens is 172 g/mol. The van der Waals surface area contributed by atoms with Crippen LogP contribution in [0.5, 0.6) is 0 Å². The van der Waals surface area contributed by atoms with Gasteiger partial charge < -0.3 is 5.11 Å².